The van der Waals surface area contributed by atoms with E-state index in [1.807, 2.05) is 11.8 Å². The van der Waals surface area contributed by atoms with Crippen molar-refractivity contribution in [2.45, 2.75) is 245 Å². The van der Waals surface area contributed by atoms with Gasteiger partial charge in [0.25, 0.3) is 0 Å². The number of nitrogens with zero attached hydrogens (tertiary/aromatic N) is 2. The lowest BCUT2D eigenvalue weighted by molar-refractivity contribution is 0.568. The predicted molar refractivity (Wildman–Crippen MR) is 441 cm³/mol. The van der Waals surface area contributed by atoms with Crippen molar-refractivity contribution < 1.29 is 5.48 Å². The maximum atomic E-state index is 10.1. The van der Waals surface area contributed by atoms with Gasteiger partial charge in [0.15, 0.2) is 0 Å². The summed E-state index contributed by atoms with van der Waals surface area (Å²) in [6, 6.07) is 61.7. The van der Waals surface area contributed by atoms with E-state index in [9.17, 15) is 5.48 Å². The second-order valence-electron chi connectivity index (χ2n) is 38.7. The Bertz CT molecular complexity index is 5120. The molecule has 0 bridgehead atoms. The minimum absolute atomic E-state index is 0.0382. The van der Waals surface area contributed by atoms with E-state index in [1.54, 1.807) is 0 Å². The summed E-state index contributed by atoms with van der Waals surface area (Å²) in [7, 11) is 0. The van der Waals surface area contributed by atoms with E-state index in [2.05, 4.69) is 354 Å². The quantitative estimate of drug-likeness (QED) is 0.153. The van der Waals surface area contributed by atoms with Gasteiger partial charge in [-0.1, -0.05) is 344 Å². The minimum atomic E-state index is -0.272. The highest BCUT2D eigenvalue weighted by Gasteiger charge is 2.44. The highest BCUT2D eigenvalue weighted by atomic mass is 32.2. The Morgan fingerprint density at radius 2 is 0.710 bits per heavy atom. The van der Waals surface area contributed by atoms with Crippen molar-refractivity contribution in [1.29, 1.82) is 0 Å². The van der Waals surface area contributed by atoms with Gasteiger partial charge in [0.05, 0.1) is 22.2 Å². The Morgan fingerprint density at radius 3 is 1.14 bits per heavy atom. The van der Waals surface area contributed by atoms with E-state index < -0.39 is 0 Å². The molecule has 0 radical (unpaired) electrons. The van der Waals surface area contributed by atoms with Crippen LogP contribution in [0.25, 0.3) is 72.0 Å². The summed E-state index contributed by atoms with van der Waals surface area (Å²) in [5, 5.41) is 1.32. The first kappa shape index (κ1) is 65.5. The number of anilines is 3. The summed E-state index contributed by atoms with van der Waals surface area (Å²) < 4.78 is 40.7. The van der Waals surface area contributed by atoms with Gasteiger partial charge in [0, 0.05) is 48.8 Å². The van der Waals surface area contributed by atoms with E-state index in [0.717, 1.165) is 71.9 Å². The zero-order chi connectivity index (χ0) is 76.0. The van der Waals surface area contributed by atoms with Crippen molar-refractivity contribution in [3.63, 3.8) is 0 Å². The number of para-hydroxylation sites is 2. The molecule has 100 heavy (non-hydrogen) atoms. The van der Waals surface area contributed by atoms with Crippen LogP contribution in [-0.2, 0) is 48.7 Å². The molecule has 3 heterocycles. The van der Waals surface area contributed by atoms with Gasteiger partial charge >= 0.3 is 0 Å². The maximum absolute atomic E-state index is 10.1. The largest absolute Gasteiger partial charge is 0.310 e. The van der Waals surface area contributed by atoms with E-state index in [4.69, 9.17) is 0 Å². The van der Waals surface area contributed by atoms with E-state index in [-0.39, 0.29) is 79.6 Å². The van der Waals surface area contributed by atoms with Gasteiger partial charge in [-0.05, 0) is 186 Å². The van der Waals surface area contributed by atoms with Gasteiger partial charge in [-0.15, -0.1) is 0 Å². The fourth-order valence-corrected chi connectivity index (χ4v) is 16.0. The molecule has 0 saturated carbocycles. The minimum Gasteiger partial charge on any atom is -0.310 e. The average molecular weight is 1340 g/mol. The van der Waals surface area contributed by atoms with Crippen molar-refractivity contribution in [3.8, 4) is 50.2 Å². The van der Waals surface area contributed by atoms with Crippen LogP contribution in [0.1, 0.15) is 242 Å². The van der Waals surface area contributed by atoms with Crippen LogP contribution in [0.3, 0.4) is 0 Å². The lowest BCUT2D eigenvalue weighted by Crippen LogP contribution is -2.60. The molecule has 0 saturated heterocycles. The summed E-state index contributed by atoms with van der Waals surface area (Å²) in [5.74, 6) is 0. The number of aromatic nitrogens is 1. The van der Waals surface area contributed by atoms with E-state index >= 15 is 0 Å². The molecule has 0 N–H and O–H groups in total. The molecule has 13 rings (SSSR count). The summed E-state index contributed by atoms with van der Waals surface area (Å²) in [6.45, 7) is 62.4. The zero-order valence-corrected chi connectivity index (χ0v) is 66.2. The van der Waals surface area contributed by atoms with Gasteiger partial charge in [0.1, 0.15) is 0 Å². The van der Waals surface area contributed by atoms with Crippen LogP contribution in [0.5, 0.6) is 0 Å². The highest BCUT2D eigenvalue weighted by molar-refractivity contribution is 8.00. The lowest BCUT2D eigenvalue weighted by Gasteiger charge is -2.42. The second-order valence-corrected chi connectivity index (χ2v) is 39.8. The molecule has 2 aliphatic rings. The van der Waals surface area contributed by atoms with Crippen LogP contribution in [0.4, 0.5) is 17.1 Å². The molecule has 2 aliphatic heterocycles. The third kappa shape index (κ3) is 13.1. The van der Waals surface area contributed by atoms with Crippen LogP contribution in [-0.4, -0.2) is 11.3 Å². The SMILES string of the molecule is [2H]c1c([2H])c([2H])c2c(c1[2H])c1cc(C(C)(C)C)ccc1n2-c1cc2c3c(c1)N(c1c(-c4cc(C(C)(C)C)cc(C(C)(C)C)c4)cccc1-c1cc(C(C)(C)C)cc(C(C)(C)C)c1)c1ccc(-c4cc(C(C)(C)C)cc(C(C)(C)C)c4)cc1B3c1cc(-c3cc(C(C)(C)C)cc(C(C)(C)C)c3)ccc1S2. The summed E-state index contributed by atoms with van der Waals surface area (Å²) in [4.78, 5) is 4.91. The van der Waals surface area contributed by atoms with Crippen LogP contribution in [0, 0.1) is 0 Å². The van der Waals surface area contributed by atoms with Crippen LogP contribution >= 0.6 is 11.8 Å². The maximum Gasteiger partial charge on any atom is 0.249 e. The first-order valence-corrected chi connectivity index (χ1v) is 37.5. The van der Waals surface area contributed by atoms with Crippen molar-refractivity contribution in [3.05, 3.63) is 232 Å². The average Bonchev–Trinajstić information content (AvgIpc) is 0.993. The van der Waals surface area contributed by atoms with E-state index in [1.165, 1.54) is 82.5 Å². The van der Waals surface area contributed by atoms with Crippen molar-refractivity contribution in [2.24, 2.45) is 0 Å². The Morgan fingerprint density at radius 1 is 0.310 bits per heavy atom. The number of hydrogen-bond acceptors (Lipinski definition) is 2. The molecule has 0 unspecified atom stereocenters. The lowest BCUT2D eigenvalue weighted by atomic mass is 9.34. The number of rotatable bonds is 6. The molecule has 4 heteroatoms. The Hall–Kier alpha value is -7.79. The molecule has 11 aromatic rings. The number of fused-ring (bicyclic) bond motifs is 7. The molecule has 0 amide bonds. The fourth-order valence-electron chi connectivity index (χ4n) is 14.8. The molecule has 0 fully saturated rings. The summed E-state index contributed by atoms with van der Waals surface area (Å²) in [6.07, 6.45) is 0. The first-order chi connectivity index (χ1) is 47.9. The van der Waals surface area contributed by atoms with Crippen LogP contribution < -0.4 is 21.3 Å². The van der Waals surface area contributed by atoms with Crippen LogP contribution in [0.15, 0.2) is 192 Å². The molecule has 0 aliphatic carbocycles. The highest BCUT2D eigenvalue weighted by Crippen LogP contribution is 2.53. The monoisotopic (exact) mass is 1340 g/mol. The molecule has 1 aromatic heterocycles. The van der Waals surface area contributed by atoms with Crippen molar-refractivity contribution in [1.82, 2.24) is 4.57 Å². The summed E-state index contributed by atoms with van der Waals surface area (Å²) in [5.41, 5.74) is 28.2. The predicted octanol–water partition coefficient (Wildman–Crippen LogP) is 25.9. The first-order valence-electron chi connectivity index (χ1n) is 38.7. The van der Waals surface area contributed by atoms with Gasteiger partial charge in [-0.2, -0.15) is 0 Å². The molecular weight excluding hydrogens is 1220 g/mol. The molecule has 514 valence electrons. The van der Waals surface area contributed by atoms with Gasteiger partial charge in [0.2, 0.25) is 6.71 Å². The molecule has 2 nitrogen and oxygen atoms in total. The summed E-state index contributed by atoms with van der Waals surface area (Å²) >= 11 is 1.82. The van der Waals surface area contributed by atoms with E-state index in [0.29, 0.717) is 10.9 Å². The van der Waals surface area contributed by atoms with Crippen molar-refractivity contribution in [2.75, 3.05) is 4.90 Å². The number of benzene rings is 10. The molecule has 0 atom stereocenters. The molecule has 10 aromatic carbocycles. The Kier molecular flexibility index (Phi) is 15.7. The standard InChI is InChI=1S/C96H111BN2S/c1-88(2,3)64-37-39-81-77(55-64)76-31-28-29-34-80(76)98(81)73-56-83-86-85(57-73)100-84-40-36-59(61-43-67(91(10,11)12)52-68(44-61)92(13,14)15)50-79(84)97(86)78-49-58(60-41-65(89(4,5)6)51-66(42-60)90(7,8)9)35-38-82(78)99(83)87-74(62-45-69(93(16,17)18)53-70(46-62)94(19,20)21)32-30-33-75(87)63-47-71(95(22,23)24)54-72(48-63)96(25,26)27/h28-57H,1-27H3/i28D,29D,31D,34D. The Labute approximate surface area is 612 Å². The third-order valence-electron chi connectivity index (χ3n) is 21.5. The van der Waals surface area contributed by atoms with Gasteiger partial charge < -0.3 is 9.47 Å². The Balaban J connectivity index is 1.25. The fraction of sp³-hybridized carbons (Fsp3) is 0.375. The van der Waals surface area contributed by atoms with Crippen LogP contribution in [0.2, 0.25) is 0 Å². The van der Waals surface area contributed by atoms with Crippen molar-refractivity contribution >= 4 is 73.7 Å². The van der Waals surface area contributed by atoms with Gasteiger partial charge in [-0.25, -0.2) is 0 Å². The third-order valence-corrected chi connectivity index (χ3v) is 22.6. The number of hydrogen-bond donors (Lipinski definition) is 0. The second kappa shape index (κ2) is 23.9. The molecular formula is C96H111BN2S. The normalized spacial score (nSPS) is 14.6. The van der Waals surface area contributed by atoms with Gasteiger partial charge in [-0.3, -0.25) is 0 Å². The molecule has 0 spiro atoms. The smallest absolute Gasteiger partial charge is 0.249 e. The topological polar surface area (TPSA) is 8.17 Å². The zero-order valence-electron chi connectivity index (χ0n) is 69.4.